The maximum atomic E-state index is 3.48. The van der Waals surface area contributed by atoms with E-state index in [0.717, 1.165) is 17.3 Å². The second-order valence-electron chi connectivity index (χ2n) is 7.24. The smallest absolute Gasteiger partial charge is 0.000521 e. The van der Waals surface area contributed by atoms with Crippen LogP contribution in [-0.4, -0.2) is 13.6 Å². The molecule has 4 aliphatic rings. The van der Waals surface area contributed by atoms with Gasteiger partial charge >= 0.3 is 0 Å². The number of rotatable bonds is 4. The summed E-state index contributed by atoms with van der Waals surface area (Å²) in [4.78, 5) is 0. The molecule has 0 heterocycles. The third-order valence-corrected chi connectivity index (χ3v) is 5.64. The minimum atomic E-state index is 0.702. The Bertz CT molecular complexity index is 233. The summed E-state index contributed by atoms with van der Waals surface area (Å²) in [5.74, 6) is 2.17. The van der Waals surface area contributed by atoms with Crippen LogP contribution in [0.2, 0.25) is 0 Å². The van der Waals surface area contributed by atoms with Gasteiger partial charge in [-0.05, 0) is 74.7 Å². The summed E-state index contributed by atoms with van der Waals surface area (Å²) in [7, 11) is 2.14. The Morgan fingerprint density at radius 3 is 2.25 bits per heavy atom. The molecular weight excluding hydrogens is 194 g/mol. The average Bonchev–Trinajstić information content (AvgIpc) is 2.14. The first-order chi connectivity index (χ1) is 7.69. The lowest BCUT2D eigenvalue weighted by Crippen LogP contribution is -2.54. The first-order valence-corrected chi connectivity index (χ1v) is 7.34. The maximum absolute atomic E-state index is 3.48. The second kappa shape index (κ2) is 3.73. The molecule has 4 rings (SSSR count). The highest BCUT2D eigenvalue weighted by molar-refractivity contribution is 5.07. The fourth-order valence-corrected chi connectivity index (χ4v) is 6.05. The van der Waals surface area contributed by atoms with Crippen molar-refractivity contribution in [2.24, 2.45) is 22.7 Å². The van der Waals surface area contributed by atoms with Crippen LogP contribution in [0.15, 0.2) is 0 Å². The van der Waals surface area contributed by atoms with Crippen molar-refractivity contribution in [1.82, 2.24) is 5.32 Å². The van der Waals surface area contributed by atoms with Crippen molar-refractivity contribution in [3.63, 3.8) is 0 Å². The Morgan fingerprint density at radius 2 is 1.69 bits per heavy atom. The van der Waals surface area contributed by atoms with E-state index in [0.29, 0.717) is 5.41 Å². The van der Waals surface area contributed by atoms with Crippen LogP contribution >= 0.6 is 0 Å². The van der Waals surface area contributed by atoms with Crippen LogP contribution in [-0.2, 0) is 0 Å². The van der Waals surface area contributed by atoms with Gasteiger partial charge in [0.15, 0.2) is 0 Å². The molecule has 4 saturated carbocycles. The average molecular weight is 221 g/mol. The lowest BCUT2D eigenvalue weighted by Gasteiger charge is -2.62. The van der Waals surface area contributed by atoms with Crippen molar-refractivity contribution in [3.05, 3.63) is 0 Å². The van der Waals surface area contributed by atoms with Crippen molar-refractivity contribution in [3.8, 4) is 0 Å². The van der Waals surface area contributed by atoms with Gasteiger partial charge in [0, 0.05) is 6.54 Å². The van der Waals surface area contributed by atoms with E-state index in [1.165, 1.54) is 32.2 Å². The van der Waals surface area contributed by atoms with Crippen molar-refractivity contribution < 1.29 is 0 Å². The molecule has 0 aromatic carbocycles. The van der Waals surface area contributed by atoms with Gasteiger partial charge in [0.1, 0.15) is 0 Å². The van der Waals surface area contributed by atoms with Crippen LogP contribution in [0.5, 0.6) is 0 Å². The topological polar surface area (TPSA) is 12.0 Å². The number of hydrogen-bond acceptors (Lipinski definition) is 1. The van der Waals surface area contributed by atoms with Crippen molar-refractivity contribution in [2.45, 2.75) is 58.3 Å². The number of nitrogens with one attached hydrogen (secondary N) is 1. The summed E-state index contributed by atoms with van der Waals surface area (Å²) in [5.41, 5.74) is 1.48. The summed E-state index contributed by atoms with van der Waals surface area (Å²) < 4.78 is 0. The van der Waals surface area contributed by atoms with E-state index in [2.05, 4.69) is 19.3 Å². The Hall–Kier alpha value is -0.0400. The molecule has 0 amide bonds. The van der Waals surface area contributed by atoms with Crippen molar-refractivity contribution in [2.75, 3.05) is 13.6 Å². The Labute approximate surface area is 100 Å². The van der Waals surface area contributed by atoms with Crippen LogP contribution < -0.4 is 5.32 Å². The first kappa shape index (κ1) is 11.1. The normalized spacial score (nSPS) is 49.9. The standard InChI is InChI=1S/C15H27N/c1-3-4-14-6-12-5-13(7-14)9-15(8-12,10-14)11-16-2/h12-13,16H,3-11H2,1-2H3. The lowest BCUT2D eigenvalue weighted by atomic mass is 9.43. The van der Waals surface area contributed by atoms with E-state index in [4.69, 9.17) is 0 Å². The largest absolute Gasteiger partial charge is 0.319 e. The zero-order valence-corrected chi connectivity index (χ0v) is 11.0. The van der Waals surface area contributed by atoms with E-state index >= 15 is 0 Å². The molecule has 0 radical (unpaired) electrons. The summed E-state index contributed by atoms with van der Waals surface area (Å²) in [6.45, 7) is 3.66. The van der Waals surface area contributed by atoms with E-state index in [1.54, 1.807) is 25.7 Å². The van der Waals surface area contributed by atoms with Gasteiger partial charge in [-0.15, -0.1) is 0 Å². The van der Waals surface area contributed by atoms with Crippen molar-refractivity contribution in [1.29, 1.82) is 0 Å². The van der Waals surface area contributed by atoms with Gasteiger partial charge < -0.3 is 5.32 Å². The molecule has 0 aromatic heterocycles. The van der Waals surface area contributed by atoms with Crippen LogP contribution in [0.4, 0.5) is 0 Å². The molecule has 0 aliphatic heterocycles. The molecule has 4 aliphatic carbocycles. The third kappa shape index (κ3) is 1.63. The third-order valence-electron chi connectivity index (χ3n) is 5.64. The second-order valence-corrected chi connectivity index (χ2v) is 7.24. The fourth-order valence-electron chi connectivity index (χ4n) is 6.05. The molecule has 2 atom stereocenters. The molecule has 2 unspecified atom stereocenters. The van der Waals surface area contributed by atoms with E-state index in [-0.39, 0.29) is 0 Å². The maximum Gasteiger partial charge on any atom is 0.000521 e. The van der Waals surface area contributed by atoms with Crippen molar-refractivity contribution >= 4 is 0 Å². The van der Waals surface area contributed by atoms with Crippen LogP contribution in [0.1, 0.15) is 58.3 Å². The van der Waals surface area contributed by atoms with Gasteiger partial charge in [0.25, 0.3) is 0 Å². The molecule has 0 saturated heterocycles. The number of hydrogen-bond donors (Lipinski definition) is 1. The molecule has 92 valence electrons. The predicted molar refractivity (Wildman–Crippen MR) is 68.4 cm³/mol. The van der Waals surface area contributed by atoms with Crippen LogP contribution in [0.25, 0.3) is 0 Å². The minimum Gasteiger partial charge on any atom is -0.319 e. The molecule has 4 bridgehead atoms. The monoisotopic (exact) mass is 221 g/mol. The van der Waals surface area contributed by atoms with Crippen LogP contribution in [0.3, 0.4) is 0 Å². The highest BCUT2D eigenvalue weighted by atomic mass is 14.8. The summed E-state index contributed by atoms with van der Waals surface area (Å²) >= 11 is 0. The Morgan fingerprint density at radius 1 is 1.06 bits per heavy atom. The van der Waals surface area contributed by atoms with Crippen LogP contribution in [0, 0.1) is 22.7 Å². The highest BCUT2D eigenvalue weighted by Gasteiger charge is 2.56. The summed E-state index contributed by atoms with van der Waals surface area (Å²) in [6, 6.07) is 0. The summed E-state index contributed by atoms with van der Waals surface area (Å²) in [6.07, 6.45) is 12.2. The quantitative estimate of drug-likeness (QED) is 0.765. The lowest BCUT2D eigenvalue weighted by molar-refractivity contribution is -0.112. The van der Waals surface area contributed by atoms with Gasteiger partial charge in [0.05, 0.1) is 0 Å². The highest BCUT2D eigenvalue weighted by Crippen LogP contribution is 2.66. The Kier molecular flexibility index (Phi) is 2.58. The zero-order chi connectivity index (χ0) is 11.2. The molecule has 0 spiro atoms. The molecule has 1 heteroatoms. The molecule has 16 heavy (non-hydrogen) atoms. The van der Waals surface area contributed by atoms with E-state index in [9.17, 15) is 0 Å². The first-order valence-electron chi connectivity index (χ1n) is 7.34. The molecule has 1 nitrogen and oxygen atoms in total. The zero-order valence-electron chi connectivity index (χ0n) is 11.0. The SMILES string of the molecule is CCCC12CC3CC(C1)CC(CNC)(C3)C2. The van der Waals surface area contributed by atoms with Gasteiger partial charge in [-0.2, -0.15) is 0 Å². The fraction of sp³-hybridized carbons (Fsp3) is 1.00. The van der Waals surface area contributed by atoms with E-state index < -0.39 is 0 Å². The van der Waals surface area contributed by atoms with E-state index in [1.807, 2.05) is 0 Å². The van der Waals surface area contributed by atoms with Gasteiger partial charge in [-0.1, -0.05) is 13.3 Å². The molecule has 0 aromatic rings. The Balaban J connectivity index is 1.85. The molecule has 1 N–H and O–H groups in total. The molecular formula is C15H27N. The van der Waals surface area contributed by atoms with Gasteiger partial charge in [-0.3, -0.25) is 0 Å². The van der Waals surface area contributed by atoms with Gasteiger partial charge in [-0.25, -0.2) is 0 Å². The van der Waals surface area contributed by atoms with Gasteiger partial charge in [0.2, 0.25) is 0 Å². The predicted octanol–water partition coefficient (Wildman–Crippen LogP) is 3.59. The molecule has 4 fully saturated rings. The summed E-state index contributed by atoms with van der Waals surface area (Å²) in [5, 5.41) is 3.48. The minimum absolute atomic E-state index is 0.702.